The fourth-order valence-electron chi connectivity index (χ4n) is 1.91. The summed E-state index contributed by atoms with van der Waals surface area (Å²) >= 11 is 11.6. The Hall–Kier alpha value is -2.44. The van der Waals surface area contributed by atoms with Crippen molar-refractivity contribution in [2.75, 3.05) is 0 Å². The minimum absolute atomic E-state index is 0.0348. The number of ether oxygens (including phenoxy) is 1. The molecule has 0 amide bonds. The highest BCUT2D eigenvalue weighted by Crippen LogP contribution is 2.22. The van der Waals surface area contributed by atoms with Crippen molar-refractivity contribution in [2.24, 2.45) is 0 Å². The van der Waals surface area contributed by atoms with Gasteiger partial charge in [-0.3, -0.25) is 0 Å². The topological polar surface area (TPSA) is 65.2 Å². The average molecular weight is 367 g/mol. The Balaban J connectivity index is 1.69. The molecule has 2 aromatic carbocycles. The lowest BCUT2D eigenvalue weighted by Gasteiger charge is -2.05. The van der Waals surface area contributed by atoms with Crippen LogP contribution in [-0.2, 0) is 11.3 Å². The van der Waals surface area contributed by atoms with Gasteiger partial charge in [0.2, 0.25) is 5.89 Å². The van der Waals surface area contributed by atoms with Crippen LogP contribution in [-0.4, -0.2) is 16.2 Å². The molecule has 0 saturated heterocycles. The SMILES string of the molecule is O=C(OCc1nnc(-c2ccc(Cl)cc2)o1)c1c(F)cccc1Cl. The molecule has 1 aromatic heterocycles. The smallest absolute Gasteiger partial charge is 0.343 e. The van der Waals surface area contributed by atoms with Gasteiger partial charge in [-0.25, -0.2) is 9.18 Å². The molecule has 0 aliphatic heterocycles. The van der Waals surface area contributed by atoms with Crippen LogP contribution in [0.25, 0.3) is 11.5 Å². The van der Waals surface area contributed by atoms with Crippen molar-refractivity contribution in [1.29, 1.82) is 0 Å². The number of hydrogen-bond donors (Lipinski definition) is 0. The Labute approximate surface area is 146 Å². The van der Waals surface area contributed by atoms with Gasteiger partial charge in [0.15, 0.2) is 6.61 Å². The van der Waals surface area contributed by atoms with E-state index in [2.05, 4.69) is 10.2 Å². The van der Waals surface area contributed by atoms with Crippen LogP contribution in [0.4, 0.5) is 4.39 Å². The van der Waals surface area contributed by atoms with Crippen LogP contribution in [0.1, 0.15) is 16.2 Å². The zero-order valence-corrected chi connectivity index (χ0v) is 13.5. The molecule has 0 unspecified atom stereocenters. The summed E-state index contributed by atoms with van der Waals surface area (Å²) in [5.41, 5.74) is 0.332. The number of esters is 1. The largest absolute Gasteiger partial charge is 0.452 e. The lowest BCUT2D eigenvalue weighted by atomic mass is 10.2. The predicted octanol–water partition coefficient (Wildman–Crippen LogP) is 4.54. The zero-order valence-electron chi connectivity index (χ0n) is 12.0. The molecule has 0 N–H and O–H groups in total. The molecule has 1 heterocycles. The Kier molecular flexibility index (Phi) is 4.78. The third kappa shape index (κ3) is 3.55. The van der Waals surface area contributed by atoms with Gasteiger partial charge in [0, 0.05) is 10.6 Å². The number of carbonyl (C=O) groups is 1. The molecule has 3 rings (SSSR count). The number of rotatable bonds is 4. The number of aromatic nitrogens is 2. The van der Waals surface area contributed by atoms with Crippen molar-refractivity contribution in [1.82, 2.24) is 10.2 Å². The maximum Gasteiger partial charge on any atom is 0.343 e. The fraction of sp³-hybridized carbons (Fsp3) is 0.0625. The van der Waals surface area contributed by atoms with E-state index in [-0.39, 0.29) is 29.0 Å². The zero-order chi connectivity index (χ0) is 17.1. The third-order valence-electron chi connectivity index (χ3n) is 3.05. The van der Waals surface area contributed by atoms with Crippen LogP contribution in [0.5, 0.6) is 0 Å². The molecule has 0 radical (unpaired) electrons. The van der Waals surface area contributed by atoms with E-state index in [4.69, 9.17) is 32.4 Å². The molecule has 0 aliphatic rings. The highest BCUT2D eigenvalue weighted by molar-refractivity contribution is 6.33. The van der Waals surface area contributed by atoms with Crippen molar-refractivity contribution in [3.63, 3.8) is 0 Å². The van der Waals surface area contributed by atoms with Crippen LogP contribution in [0.2, 0.25) is 10.0 Å². The number of hydrogen-bond acceptors (Lipinski definition) is 5. The first-order valence-electron chi connectivity index (χ1n) is 6.74. The first kappa shape index (κ1) is 16.4. The van der Waals surface area contributed by atoms with Gasteiger partial charge in [0.05, 0.1) is 5.02 Å². The second-order valence-corrected chi connectivity index (χ2v) is 5.52. The Bertz CT molecular complexity index is 861. The van der Waals surface area contributed by atoms with Crippen molar-refractivity contribution in [2.45, 2.75) is 6.61 Å². The molecular weight excluding hydrogens is 358 g/mol. The summed E-state index contributed by atoms with van der Waals surface area (Å²) in [5, 5.41) is 8.17. The maximum atomic E-state index is 13.6. The van der Waals surface area contributed by atoms with E-state index < -0.39 is 11.8 Å². The van der Waals surface area contributed by atoms with Crippen molar-refractivity contribution >= 4 is 29.2 Å². The lowest BCUT2D eigenvalue weighted by molar-refractivity contribution is 0.0433. The van der Waals surface area contributed by atoms with Gasteiger partial charge >= 0.3 is 5.97 Å². The van der Waals surface area contributed by atoms with E-state index in [0.717, 1.165) is 6.07 Å². The van der Waals surface area contributed by atoms with E-state index in [0.29, 0.717) is 10.6 Å². The molecule has 5 nitrogen and oxygen atoms in total. The monoisotopic (exact) mass is 366 g/mol. The maximum absolute atomic E-state index is 13.6. The van der Waals surface area contributed by atoms with E-state index in [9.17, 15) is 9.18 Å². The molecule has 8 heteroatoms. The molecule has 3 aromatic rings. The molecule has 24 heavy (non-hydrogen) atoms. The van der Waals surface area contributed by atoms with Crippen molar-refractivity contribution in [3.8, 4) is 11.5 Å². The van der Waals surface area contributed by atoms with Gasteiger partial charge in [-0.05, 0) is 36.4 Å². The van der Waals surface area contributed by atoms with Gasteiger partial charge in [-0.15, -0.1) is 10.2 Å². The Morgan fingerprint density at radius 3 is 2.58 bits per heavy atom. The second-order valence-electron chi connectivity index (χ2n) is 4.68. The van der Waals surface area contributed by atoms with Crippen molar-refractivity contribution < 1.29 is 18.3 Å². The number of nitrogens with zero attached hydrogens (tertiary/aromatic N) is 2. The summed E-state index contributed by atoms with van der Waals surface area (Å²) in [6.45, 7) is -0.302. The van der Waals surface area contributed by atoms with Crippen LogP contribution >= 0.6 is 23.2 Å². The summed E-state index contributed by atoms with van der Waals surface area (Å²) in [4.78, 5) is 11.9. The molecule has 122 valence electrons. The minimum Gasteiger partial charge on any atom is -0.452 e. The molecular formula is C16H9Cl2FN2O3. The van der Waals surface area contributed by atoms with E-state index >= 15 is 0 Å². The summed E-state index contributed by atoms with van der Waals surface area (Å²) in [6.07, 6.45) is 0. The molecule has 0 aliphatic carbocycles. The first-order valence-corrected chi connectivity index (χ1v) is 7.49. The van der Waals surface area contributed by atoms with Crippen LogP contribution < -0.4 is 0 Å². The molecule has 0 spiro atoms. The number of halogens is 3. The van der Waals surface area contributed by atoms with Gasteiger partial charge in [-0.2, -0.15) is 0 Å². The predicted molar refractivity (Wildman–Crippen MR) is 85.3 cm³/mol. The molecule has 0 saturated carbocycles. The highest BCUT2D eigenvalue weighted by atomic mass is 35.5. The molecule has 0 bridgehead atoms. The average Bonchev–Trinajstić information content (AvgIpc) is 3.02. The standard InChI is InChI=1S/C16H9Cl2FN2O3/c17-10-6-4-9(5-7-10)15-21-20-13(24-15)8-23-16(22)14-11(18)2-1-3-12(14)19/h1-7H,8H2. The summed E-state index contributed by atoms with van der Waals surface area (Å²) in [5.74, 6) is -1.35. The lowest BCUT2D eigenvalue weighted by Crippen LogP contribution is -2.08. The van der Waals surface area contributed by atoms with Crippen LogP contribution in [0.15, 0.2) is 46.9 Å². The van der Waals surface area contributed by atoms with E-state index in [1.165, 1.54) is 12.1 Å². The van der Waals surface area contributed by atoms with Gasteiger partial charge < -0.3 is 9.15 Å². The second kappa shape index (κ2) is 6.98. The number of benzene rings is 2. The normalized spacial score (nSPS) is 10.6. The van der Waals surface area contributed by atoms with E-state index in [1.807, 2.05) is 0 Å². The van der Waals surface area contributed by atoms with Gasteiger partial charge in [-0.1, -0.05) is 29.3 Å². The Morgan fingerprint density at radius 1 is 1.12 bits per heavy atom. The van der Waals surface area contributed by atoms with Gasteiger partial charge in [0.1, 0.15) is 11.4 Å². The van der Waals surface area contributed by atoms with Crippen LogP contribution in [0, 0.1) is 5.82 Å². The highest BCUT2D eigenvalue weighted by Gasteiger charge is 2.18. The quantitative estimate of drug-likeness (QED) is 0.634. The number of carbonyl (C=O) groups excluding carboxylic acids is 1. The van der Waals surface area contributed by atoms with Crippen LogP contribution in [0.3, 0.4) is 0 Å². The summed E-state index contributed by atoms with van der Waals surface area (Å²) < 4.78 is 24.0. The summed E-state index contributed by atoms with van der Waals surface area (Å²) in [7, 11) is 0. The van der Waals surface area contributed by atoms with E-state index in [1.54, 1.807) is 24.3 Å². The molecule has 0 atom stereocenters. The first-order chi connectivity index (χ1) is 11.5. The third-order valence-corrected chi connectivity index (χ3v) is 3.62. The fourth-order valence-corrected chi connectivity index (χ4v) is 2.28. The molecule has 0 fully saturated rings. The van der Waals surface area contributed by atoms with Crippen molar-refractivity contribution in [3.05, 3.63) is 69.8 Å². The minimum atomic E-state index is -0.913. The van der Waals surface area contributed by atoms with Gasteiger partial charge in [0.25, 0.3) is 5.89 Å². The Morgan fingerprint density at radius 2 is 1.88 bits per heavy atom. The summed E-state index contributed by atoms with van der Waals surface area (Å²) in [6, 6.07) is 10.7.